The Bertz CT molecular complexity index is 881. The first-order chi connectivity index (χ1) is 11.8. The Morgan fingerprint density at radius 1 is 1.24 bits per heavy atom. The molecule has 1 N–H and O–H groups in total. The molecule has 0 aliphatic carbocycles. The van der Waals surface area contributed by atoms with E-state index in [1.54, 1.807) is 18.2 Å². The minimum Gasteiger partial charge on any atom is -0.449 e. The highest BCUT2D eigenvalue weighted by Crippen LogP contribution is 2.21. The van der Waals surface area contributed by atoms with Crippen LogP contribution in [-0.2, 0) is 9.53 Å². The fourth-order valence-corrected chi connectivity index (χ4v) is 2.09. The molecule has 0 saturated heterocycles. The Labute approximate surface area is 146 Å². The van der Waals surface area contributed by atoms with Gasteiger partial charge in [-0.25, -0.2) is 13.6 Å². The number of halogens is 3. The van der Waals surface area contributed by atoms with Crippen molar-refractivity contribution in [1.29, 1.82) is 5.26 Å². The third-order valence-corrected chi connectivity index (χ3v) is 3.45. The fourth-order valence-electron chi connectivity index (χ4n) is 1.87. The molecule has 1 amide bonds. The largest absolute Gasteiger partial charge is 0.449 e. The van der Waals surface area contributed by atoms with Crippen LogP contribution in [0.5, 0.6) is 0 Å². The molecule has 2 aromatic rings. The lowest BCUT2D eigenvalue weighted by atomic mass is 10.2. The predicted octanol–water partition coefficient (Wildman–Crippen LogP) is 3.67. The lowest BCUT2D eigenvalue weighted by Crippen LogP contribution is -2.30. The van der Waals surface area contributed by atoms with Gasteiger partial charge < -0.3 is 10.1 Å². The number of nitrogens with one attached hydrogen (secondary N) is 1. The molecule has 25 heavy (non-hydrogen) atoms. The Kier molecular flexibility index (Phi) is 5.67. The number of anilines is 1. The number of carbonyl (C=O) groups excluding carboxylic acids is 2. The molecule has 0 radical (unpaired) electrons. The summed E-state index contributed by atoms with van der Waals surface area (Å²) in [7, 11) is 0. The van der Waals surface area contributed by atoms with Gasteiger partial charge in [-0.15, -0.1) is 0 Å². The van der Waals surface area contributed by atoms with Crippen LogP contribution in [0.25, 0.3) is 0 Å². The van der Waals surface area contributed by atoms with Gasteiger partial charge in [0, 0.05) is 5.69 Å². The molecular weight excluding hydrogens is 354 g/mol. The quantitative estimate of drug-likeness (QED) is 0.663. The first kappa shape index (κ1) is 18.4. The van der Waals surface area contributed by atoms with Gasteiger partial charge in [-0.3, -0.25) is 4.79 Å². The van der Waals surface area contributed by atoms with Crippen LogP contribution in [0.2, 0.25) is 5.02 Å². The van der Waals surface area contributed by atoms with Gasteiger partial charge in [0.15, 0.2) is 17.7 Å². The molecule has 5 nitrogen and oxygen atoms in total. The first-order valence-electron chi connectivity index (χ1n) is 6.98. The molecule has 2 rings (SSSR count). The molecule has 0 unspecified atom stereocenters. The van der Waals surface area contributed by atoms with Crippen molar-refractivity contribution in [2.75, 3.05) is 5.32 Å². The van der Waals surface area contributed by atoms with Crippen LogP contribution in [-0.4, -0.2) is 18.0 Å². The summed E-state index contributed by atoms with van der Waals surface area (Å²) in [5.41, 5.74) is 0.292. The summed E-state index contributed by atoms with van der Waals surface area (Å²) in [5.74, 6) is -4.20. The number of carbonyl (C=O) groups is 2. The summed E-state index contributed by atoms with van der Waals surface area (Å²) >= 11 is 5.68. The number of nitriles is 1. The molecule has 1 atom stereocenters. The monoisotopic (exact) mass is 364 g/mol. The van der Waals surface area contributed by atoms with Gasteiger partial charge in [-0.2, -0.15) is 5.26 Å². The Morgan fingerprint density at radius 3 is 2.60 bits per heavy atom. The third kappa shape index (κ3) is 4.52. The summed E-state index contributed by atoms with van der Waals surface area (Å²) in [6, 6.07) is 9.30. The molecule has 0 aliphatic rings. The van der Waals surface area contributed by atoms with Crippen LogP contribution in [0.4, 0.5) is 14.5 Å². The van der Waals surface area contributed by atoms with E-state index in [-0.39, 0.29) is 5.02 Å². The number of benzene rings is 2. The molecule has 0 aromatic heterocycles. The summed E-state index contributed by atoms with van der Waals surface area (Å²) in [6.45, 7) is 1.30. The molecule has 0 heterocycles. The number of hydrogen-bond donors (Lipinski definition) is 1. The summed E-state index contributed by atoms with van der Waals surface area (Å²) < 4.78 is 31.2. The van der Waals surface area contributed by atoms with Crippen molar-refractivity contribution in [2.24, 2.45) is 0 Å². The van der Waals surface area contributed by atoms with Crippen LogP contribution in [0.15, 0.2) is 36.4 Å². The van der Waals surface area contributed by atoms with Gasteiger partial charge >= 0.3 is 5.97 Å². The van der Waals surface area contributed by atoms with E-state index >= 15 is 0 Å². The number of hydrogen-bond acceptors (Lipinski definition) is 4. The zero-order valence-electron chi connectivity index (χ0n) is 12.8. The maximum Gasteiger partial charge on any atom is 0.340 e. The van der Waals surface area contributed by atoms with Gasteiger partial charge in [0.2, 0.25) is 0 Å². The van der Waals surface area contributed by atoms with E-state index in [9.17, 15) is 18.4 Å². The second-order valence-electron chi connectivity index (χ2n) is 4.98. The number of ether oxygens (including phenoxy) is 1. The standard InChI is InChI=1S/C17H11ClF2N2O3/c1-9(16(23)22-11-4-2-3-10(5-11)8-21)25-17(24)12-6-14(19)15(20)7-13(12)18/h2-7,9H,1H3,(H,22,23)/t9-/m1/s1. The van der Waals surface area contributed by atoms with Crippen molar-refractivity contribution in [3.63, 3.8) is 0 Å². The predicted molar refractivity (Wildman–Crippen MR) is 86.0 cm³/mol. The highest BCUT2D eigenvalue weighted by atomic mass is 35.5. The maximum atomic E-state index is 13.2. The molecule has 0 saturated carbocycles. The zero-order chi connectivity index (χ0) is 18.6. The van der Waals surface area contributed by atoms with E-state index in [0.717, 1.165) is 0 Å². The van der Waals surface area contributed by atoms with Crippen LogP contribution >= 0.6 is 11.6 Å². The van der Waals surface area contributed by atoms with E-state index < -0.39 is 35.2 Å². The Hall–Kier alpha value is -2.98. The Balaban J connectivity index is 2.07. The highest BCUT2D eigenvalue weighted by Gasteiger charge is 2.22. The first-order valence-corrected chi connectivity index (χ1v) is 7.36. The zero-order valence-corrected chi connectivity index (χ0v) is 13.6. The minimum atomic E-state index is -1.26. The lowest BCUT2D eigenvalue weighted by molar-refractivity contribution is -0.123. The van der Waals surface area contributed by atoms with Crippen molar-refractivity contribution in [3.05, 3.63) is 64.2 Å². The lowest BCUT2D eigenvalue weighted by Gasteiger charge is -2.14. The molecular formula is C17H11ClF2N2O3. The molecule has 0 aliphatic heterocycles. The summed E-state index contributed by atoms with van der Waals surface area (Å²) in [4.78, 5) is 24.0. The average Bonchev–Trinajstić information content (AvgIpc) is 2.58. The van der Waals surface area contributed by atoms with Gasteiger partial charge in [0.25, 0.3) is 5.91 Å². The van der Waals surface area contributed by atoms with Gasteiger partial charge in [0.05, 0.1) is 22.2 Å². The smallest absolute Gasteiger partial charge is 0.340 e. The number of nitrogens with zero attached hydrogens (tertiary/aromatic N) is 1. The normalized spacial score (nSPS) is 11.3. The van der Waals surface area contributed by atoms with Crippen LogP contribution in [0, 0.1) is 23.0 Å². The number of amides is 1. The number of rotatable bonds is 4. The summed E-state index contributed by atoms with van der Waals surface area (Å²) in [6.07, 6.45) is -1.23. The van der Waals surface area contributed by atoms with Crippen LogP contribution in [0.1, 0.15) is 22.8 Å². The van der Waals surface area contributed by atoms with E-state index in [1.807, 2.05) is 6.07 Å². The summed E-state index contributed by atoms with van der Waals surface area (Å²) in [5, 5.41) is 11.0. The van der Waals surface area contributed by atoms with Crippen LogP contribution in [0.3, 0.4) is 0 Å². The maximum absolute atomic E-state index is 13.2. The molecule has 128 valence electrons. The molecule has 2 aromatic carbocycles. The van der Waals surface area contributed by atoms with Gasteiger partial charge in [-0.1, -0.05) is 17.7 Å². The molecule has 0 fully saturated rings. The van der Waals surface area contributed by atoms with Crippen molar-refractivity contribution in [2.45, 2.75) is 13.0 Å². The third-order valence-electron chi connectivity index (χ3n) is 3.14. The fraction of sp³-hybridized carbons (Fsp3) is 0.118. The number of esters is 1. The molecule has 0 bridgehead atoms. The minimum absolute atomic E-state index is 0.335. The van der Waals surface area contributed by atoms with E-state index in [4.69, 9.17) is 21.6 Å². The molecule has 8 heteroatoms. The van der Waals surface area contributed by atoms with Crippen molar-refractivity contribution >= 4 is 29.2 Å². The second kappa shape index (κ2) is 7.73. The van der Waals surface area contributed by atoms with Crippen molar-refractivity contribution < 1.29 is 23.1 Å². The van der Waals surface area contributed by atoms with Crippen molar-refractivity contribution in [3.8, 4) is 6.07 Å². The second-order valence-corrected chi connectivity index (χ2v) is 5.38. The topological polar surface area (TPSA) is 79.2 Å². The van der Waals surface area contributed by atoms with Gasteiger partial charge in [-0.05, 0) is 37.3 Å². The SMILES string of the molecule is C[C@@H](OC(=O)c1cc(F)c(F)cc1Cl)C(=O)Nc1cccc(C#N)c1. The van der Waals surface area contributed by atoms with E-state index in [1.165, 1.54) is 13.0 Å². The van der Waals surface area contributed by atoms with Gasteiger partial charge in [0.1, 0.15) is 0 Å². The highest BCUT2D eigenvalue weighted by molar-refractivity contribution is 6.33. The van der Waals surface area contributed by atoms with Crippen LogP contribution < -0.4 is 5.32 Å². The average molecular weight is 365 g/mol. The van der Waals surface area contributed by atoms with E-state index in [2.05, 4.69) is 5.32 Å². The van der Waals surface area contributed by atoms with Crippen molar-refractivity contribution in [1.82, 2.24) is 0 Å². The van der Waals surface area contributed by atoms with E-state index in [0.29, 0.717) is 23.4 Å². The Morgan fingerprint density at radius 2 is 1.92 bits per heavy atom. The molecule has 0 spiro atoms.